The Morgan fingerprint density at radius 1 is 0.517 bits per heavy atom. The van der Waals surface area contributed by atoms with Gasteiger partial charge in [0.2, 0.25) is 0 Å². The molecule has 6 atom stereocenters. The van der Waals surface area contributed by atoms with E-state index in [1.54, 1.807) is 0 Å². The van der Waals surface area contributed by atoms with Gasteiger partial charge < -0.3 is 39.4 Å². The number of ether oxygens (including phenoxy) is 4. The highest BCUT2D eigenvalue weighted by molar-refractivity contribution is 5.70. The maximum atomic E-state index is 12.8. The van der Waals surface area contributed by atoms with Crippen LogP contribution in [-0.2, 0) is 28.5 Å². The van der Waals surface area contributed by atoms with Crippen LogP contribution >= 0.6 is 0 Å². The number of unbranched alkanes of at least 4 members (excludes halogenated alkanes) is 18. The van der Waals surface area contributed by atoms with Gasteiger partial charge in [0.15, 0.2) is 12.4 Å². The maximum Gasteiger partial charge on any atom is 0.306 e. The average Bonchev–Trinajstić information content (AvgIpc) is 3.25. The quantitative estimate of drug-likeness (QED) is 0.0267. The van der Waals surface area contributed by atoms with Crippen LogP contribution in [0.15, 0.2) is 60.8 Å². The molecular formula is C50H86O10. The van der Waals surface area contributed by atoms with Gasteiger partial charge in [0, 0.05) is 12.8 Å². The van der Waals surface area contributed by atoms with Crippen LogP contribution in [-0.4, -0.2) is 89.0 Å². The molecule has 1 rings (SSSR count). The van der Waals surface area contributed by atoms with Crippen LogP contribution in [0.3, 0.4) is 0 Å². The zero-order valence-electron chi connectivity index (χ0n) is 37.7. The highest BCUT2D eigenvalue weighted by Crippen LogP contribution is 2.22. The molecule has 60 heavy (non-hydrogen) atoms. The van der Waals surface area contributed by atoms with E-state index in [1.165, 1.54) is 109 Å². The second-order valence-corrected chi connectivity index (χ2v) is 16.2. The fourth-order valence-electron chi connectivity index (χ4n) is 6.88. The minimum Gasteiger partial charge on any atom is -0.462 e. The van der Waals surface area contributed by atoms with Crippen molar-refractivity contribution in [1.29, 1.82) is 0 Å². The molecule has 346 valence electrons. The molecule has 1 aliphatic heterocycles. The first kappa shape index (κ1) is 55.4. The molecule has 10 heteroatoms. The molecule has 0 aromatic heterocycles. The van der Waals surface area contributed by atoms with E-state index in [4.69, 9.17) is 18.9 Å². The molecule has 0 radical (unpaired) electrons. The van der Waals surface area contributed by atoms with Crippen molar-refractivity contribution in [1.82, 2.24) is 0 Å². The van der Waals surface area contributed by atoms with Crippen molar-refractivity contribution in [2.24, 2.45) is 0 Å². The third kappa shape index (κ3) is 31.3. The molecule has 0 saturated carbocycles. The molecule has 0 bridgehead atoms. The lowest BCUT2D eigenvalue weighted by Crippen LogP contribution is -2.59. The van der Waals surface area contributed by atoms with E-state index >= 15 is 0 Å². The number of allylic oxidation sites excluding steroid dienone is 10. The Bertz CT molecular complexity index is 1160. The van der Waals surface area contributed by atoms with Crippen LogP contribution in [0.2, 0.25) is 0 Å². The Balaban J connectivity index is 2.37. The van der Waals surface area contributed by atoms with Gasteiger partial charge >= 0.3 is 11.9 Å². The van der Waals surface area contributed by atoms with Crippen molar-refractivity contribution in [3.8, 4) is 0 Å². The first-order valence-electron chi connectivity index (χ1n) is 23.9. The highest BCUT2D eigenvalue weighted by Gasteiger charge is 2.44. The number of hydrogen-bond donors (Lipinski definition) is 4. The molecule has 0 amide bonds. The summed E-state index contributed by atoms with van der Waals surface area (Å²) in [4.78, 5) is 25.3. The van der Waals surface area contributed by atoms with Gasteiger partial charge in [0.1, 0.15) is 31.0 Å². The number of aliphatic hydroxyl groups is 4. The van der Waals surface area contributed by atoms with Crippen molar-refractivity contribution in [2.45, 2.75) is 224 Å². The first-order valence-corrected chi connectivity index (χ1v) is 23.9. The Labute approximate surface area is 364 Å². The molecule has 0 aliphatic carbocycles. The fraction of sp³-hybridized carbons (Fsp3) is 0.760. The zero-order valence-corrected chi connectivity index (χ0v) is 37.7. The van der Waals surface area contributed by atoms with E-state index in [9.17, 15) is 30.0 Å². The summed E-state index contributed by atoms with van der Waals surface area (Å²) in [6, 6.07) is 0. The van der Waals surface area contributed by atoms with Crippen molar-refractivity contribution in [3.63, 3.8) is 0 Å². The minimum absolute atomic E-state index is 0.106. The number of esters is 2. The van der Waals surface area contributed by atoms with Crippen LogP contribution < -0.4 is 0 Å². The van der Waals surface area contributed by atoms with Gasteiger partial charge in [-0.3, -0.25) is 9.59 Å². The average molecular weight is 847 g/mol. The van der Waals surface area contributed by atoms with Gasteiger partial charge in [0.25, 0.3) is 0 Å². The summed E-state index contributed by atoms with van der Waals surface area (Å²) in [5, 5.41) is 40.1. The van der Waals surface area contributed by atoms with Crippen LogP contribution in [0, 0.1) is 0 Å². The SMILES string of the molecule is CCCCC/C=C/C/C=C/C/C=C/C/C=C/C/C=C/CCC(=O)O[C@H](COC(=O)CCCCCCCCCCCCCCCCCC)CO[C@@H]1O[C@H](CO)[C@H](O)C(O)C1O. The van der Waals surface area contributed by atoms with Gasteiger partial charge in [0.05, 0.1) is 13.2 Å². The molecular weight excluding hydrogens is 761 g/mol. The fourth-order valence-corrected chi connectivity index (χ4v) is 6.88. The third-order valence-electron chi connectivity index (χ3n) is 10.7. The van der Waals surface area contributed by atoms with Gasteiger partial charge in [-0.25, -0.2) is 0 Å². The van der Waals surface area contributed by atoms with Crippen molar-refractivity contribution in [3.05, 3.63) is 60.8 Å². The zero-order chi connectivity index (χ0) is 43.7. The van der Waals surface area contributed by atoms with E-state index in [0.717, 1.165) is 44.9 Å². The molecule has 10 nitrogen and oxygen atoms in total. The summed E-state index contributed by atoms with van der Waals surface area (Å²) < 4.78 is 22.1. The van der Waals surface area contributed by atoms with E-state index in [2.05, 4.69) is 62.5 Å². The van der Waals surface area contributed by atoms with Crippen molar-refractivity contribution < 1.29 is 49.0 Å². The van der Waals surface area contributed by atoms with Crippen molar-refractivity contribution >= 4 is 11.9 Å². The van der Waals surface area contributed by atoms with Gasteiger partial charge in [-0.1, -0.05) is 184 Å². The van der Waals surface area contributed by atoms with Crippen LogP contribution in [0.5, 0.6) is 0 Å². The number of carbonyl (C=O) groups excluding carboxylic acids is 2. The number of rotatable bonds is 39. The molecule has 1 aliphatic rings. The van der Waals surface area contributed by atoms with Gasteiger partial charge in [-0.05, 0) is 51.4 Å². The summed E-state index contributed by atoms with van der Waals surface area (Å²) in [5.74, 6) is -0.900. The predicted molar refractivity (Wildman–Crippen MR) is 242 cm³/mol. The summed E-state index contributed by atoms with van der Waals surface area (Å²) >= 11 is 0. The second kappa shape index (κ2) is 40.5. The predicted octanol–water partition coefficient (Wildman–Crippen LogP) is 10.6. The van der Waals surface area contributed by atoms with Crippen LogP contribution in [0.4, 0.5) is 0 Å². The maximum absolute atomic E-state index is 12.8. The summed E-state index contributed by atoms with van der Waals surface area (Å²) in [6.07, 6.45) is 42.4. The standard InChI is InChI=1S/C50H86O10/c1-3-5-7-9-11-13-15-17-19-21-22-23-25-27-29-31-33-35-37-39-46(53)59-43(42-58-50-49(56)48(55)47(54)44(40-51)60-50)41-57-45(52)38-36-34-32-30-28-26-24-20-18-16-14-12-10-8-6-4-2/h11,13,17,19,22-23,27,29,33,35,43-44,47-51,54-56H,3-10,12,14-16,18,20-21,24-26,28,30-32,34,36-42H2,1-2H3/b13-11+,19-17+,23-22+,29-27+,35-33+/t43-,44-,47+,48?,49?,50-/m1/s1. The monoisotopic (exact) mass is 847 g/mol. The molecule has 0 aromatic rings. The minimum atomic E-state index is -1.61. The molecule has 1 saturated heterocycles. The smallest absolute Gasteiger partial charge is 0.306 e. The lowest BCUT2D eigenvalue weighted by Gasteiger charge is -2.39. The van der Waals surface area contributed by atoms with Crippen LogP contribution in [0.1, 0.15) is 187 Å². The number of aliphatic hydroxyl groups excluding tert-OH is 4. The summed E-state index contributed by atoms with van der Waals surface area (Å²) in [7, 11) is 0. The molecule has 0 aromatic carbocycles. The summed E-state index contributed by atoms with van der Waals surface area (Å²) in [5.41, 5.74) is 0. The van der Waals surface area contributed by atoms with Gasteiger partial charge in [-0.15, -0.1) is 0 Å². The Morgan fingerprint density at radius 3 is 1.47 bits per heavy atom. The lowest BCUT2D eigenvalue weighted by molar-refractivity contribution is -0.305. The van der Waals surface area contributed by atoms with Gasteiger partial charge in [-0.2, -0.15) is 0 Å². The molecule has 1 fully saturated rings. The summed E-state index contributed by atoms with van der Waals surface area (Å²) in [6.45, 7) is 3.33. The highest BCUT2D eigenvalue weighted by atomic mass is 16.7. The molecule has 2 unspecified atom stereocenters. The molecule has 4 N–H and O–H groups in total. The normalized spacial score (nSPS) is 20.4. The van der Waals surface area contributed by atoms with E-state index < -0.39 is 55.4 Å². The topological polar surface area (TPSA) is 152 Å². The third-order valence-corrected chi connectivity index (χ3v) is 10.7. The van der Waals surface area contributed by atoms with E-state index in [0.29, 0.717) is 6.42 Å². The van der Waals surface area contributed by atoms with E-state index in [-0.39, 0.29) is 26.1 Å². The lowest BCUT2D eigenvalue weighted by atomic mass is 9.99. The Kier molecular flexibility index (Phi) is 37.4. The van der Waals surface area contributed by atoms with E-state index in [1.807, 2.05) is 12.2 Å². The van der Waals surface area contributed by atoms with Crippen molar-refractivity contribution in [2.75, 3.05) is 19.8 Å². The second-order valence-electron chi connectivity index (χ2n) is 16.2. The number of carbonyl (C=O) groups is 2. The number of hydrogen-bond acceptors (Lipinski definition) is 10. The molecule has 0 spiro atoms. The largest absolute Gasteiger partial charge is 0.462 e. The van der Waals surface area contributed by atoms with Crippen LogP contribution in [0.25, 0.3) is 0 Å². The Morgan fingerprint density at radius 2 is 0.967 bits per heavy atom. The first-order chi connectivity index (χ1) is 29.3. The Hall–Kier alpha value is -2.60. The molecule has 1 heterocycles.